The molecule has 0 radical (unpaired) electrons. The van der Waals surface area contributed by atoms with Crippen molar-refractivity contribution in [1.82, 2.24) is 9.38 Å². The van der Waals surface area contributed by atoms with E-state index in [-0.39, 0.29) is 21.8 Å². The molecule has 0 aliphatic heterocycles. The van der Waals surface area contributed by atoms with E-state index >= 15 is 0 Å². The van der Waals surface area contributed by atoms with Gasteiger partial charge in [-0.3, -0.25) is 13.8 Å². The Morgan fingerprint density at radius 2 is 2.11 bits per heavy atom. The summed E-state index contributed by atoms with van der Waals surface area (Å²) in [5.74, 6) is -1.16. The lowest BCUT2D eigenvalue weighted by molar-refractivity contribution is -0.136. The van der Waals surface area contributed by atoms with E-state index in [4.69, 9.17) is 16.7 Å². The molecule has 0 saturated carbocycles. The first-order chi connectivity index (χ1) is 8.30. The number of carboxylic acid groups (broad SMARTS) is 1. The van der Waals surface area contributed by atoms with Crippen molar-refractivity contribution in [2.45, 2.75) is 6.42 Å². The van der Waals surface area contributed by atoms with Gasteiger partial charge in [-0.15, -0.1) is 0 Å². The van der Waals surface area contributed by atoms with Gasteiger partial charge in [-0.05, 0) is 12.1 Å². The number of halogens is 1. The second-order valence-electron chi connectivity index (χ2n) is 3.55. The molecule has 18 heavy (non-hydrogen) atoms. The van der Waals surface area contributed by atoms with Crippen LogP contribution in [-0.2, 0) is 15.8 Å². The maximum Gasteiger partial charge on any atom is 0.374 e. The van der Waals surface area contributed by atoms with E-state index < -0.39 is 20.0 Å². The average molecular weight is 291 g/mol. The van der Waals surface area contributed by atoms with Crippen LogP contribution in [0.15, 0.2) is 18.3 Å². The molecule has 0 amide bonds. The lowest BCUT2D eigenvalue weighted by Crippen LogP contribution is -2.16. The molecule has 2 heterocycles. The molecule has 3 N–H and O–H groups in total. The first-order valence-corrected chi connectivity index (χ1v) is 6.72. The van der Waals surface area contributed by atoms with E-state index in [1.165, 1.54) is 12.1 Å². The van der Waals surface area contributed by atoms with Gasteiger partial charge in [0.2, 0.25) is 0 Å². The Bertz CT molecular complexity index is 677. The number of nitrogens with zero attached hydrogens (tertiary/aromatic N) is 2. The van der Waals surface area contributed by atoms with E-state index in [2.05, 4.69) is 4.98 Å². The van der Waals surface area contributed by atoms with Crippen LogP contribution in [0.5, 0.6) is 0 Å². The molecule has 0 unspecified atom stereocenters. The van der Waals surface area contributed by atoms with Gasteiger partial charge in [0.15, 0.2) is 5.44 Å². The highest BCUT2D eigenvalue weighted by Gasteiger charge is 2.25. The van der Waals surface area contributed by atoms with Crippen molar-refractivity contribution in [1.29, 1.82) is 0 Å². The lowest BCUT2D eigenvalue weighted by atomic mass is 10.2. The van der Waals surface area contributed by atoms with Crippen molar-refractivity contribution in [3.8, 4) is 0 Å². The molecule has 0 aliphatic rings. The summed E-state index contributed by atoms with van der Waals surface area (Å²) in [4.78, 5) is 32.9. The number of hydrogen-bond donors (Lipinski definition) is 3. The lowest BCUT2D eigenvalue weighted by Gasteiger charge is -2.09. The van der Waals surface area contributed by atoms with Gasteiger partial charge in [0, 0.05) is 0 Å². The molecule has 0 aromatic carbocycles. The van der Waals surface area contributed by atoms with Gasteiger partial charge in [0.1, 0.15) is 5.65 Å². The summed E-state index contributed by atoms with van der Waals surface area (Å²) in [6.45, 7) is 0. The number of rotatable bonds is 3. The molecule has 9 heteroatoms. The molecule has 0 bridgehead atoms. The van der Waals surface area contributed by atoms with Crippen molar-refractivity contribution >= 4 is 36.2 Å². The second kappa shape index (κ2) is 4.37. The molecule has 2 rings (SSSR count). The van der Waals surface area contributed by atoms with Crippen molar-refractivity contribution in [3.63, 3.8) is 0 Å². The SMILES string of the molecule is O=C(O)Cc1c(Cl)ccc2ncc(P(=O)(O)O)n12. The smallest absolute Gasteiger partial charge is 0.374 e. The predicted octanol–water partition coefficient (Wildman–Crippen LogP) is 0.418. The molecule has 2 aromatic rings. The Hall–Kier alpha value is -1.40. The minimum absolute atomic E-state index is 0.0810. The Morgan fingerprint density at radius 1 is 1.44 bits per heavy atom. The quantitative estimate of drug-likeness (QED) is 0.706. The third-order valence-corrected chi connectivity index (χ3v) is 3.57. The number of imidazole rings is 1. The highest BCUT2D eigenvalue weighted by atomic mass is 35.5. The number of aliphatic carboxylic acids is 1. The summed E-state index contributed by atoms with van der Waals surface area (Å²) in [6, 6.07) is 2.89. The minimum atomic E-state index is -4.56. The summed E-state index contributed by atoms with van der Waals surface area (Å²) in [5.41, 5.74) is -0.0669. The zero-order chi connectivity index (χ0) is 13.5. The monoisotopic (exact) mass is 290 g/mol. The highest BCUT2D eigenvalue weighted by Crippen LogP contribution is 2.34. The highest BCUT2D eigenvalue weighted by molar-refractivity contribution is 7.60. The van der Waals surface area contributed by atoms with Crippen LogP contribution in [0.25, 0.3) is 5.65 Å². The van der Waals surface area contributed by atoms with Gasteiger partial charge in [-0.1, -0.05) is 11.6 Å². The number of hydrogen-bond acceptors (Lipinski definition) is 3. The first kappa shape index (κ1) is 13.0. The van der Waals surface area contributed by atoms with Crippen LogP contribution in [-0.4, -0.2) is 30.2 Å². The third-order valence-electron chi connectivity index (χ3n) is 2.31. The normalized spacial score (nSPS) is 11.9. The number of fused-ring (bicyclic) bond motifs is 1. The van der Waals surface area contributed by atoms with Crippen molar-refractivity contribution in [2.24, 2.45) is 0 Å². The summed E-state index contributed by atoms with van der Waals surface area (Å²) >= 11 is 5.86. The predicted molar refractivity (Wildman–Crippen MR) is 63.2 cm³/mol. The van der Waals surface area contributed by atoms with Crippen LogP contribution < -0.4 is 5.44 Å². The van der Waals surface area contributed by atoms with Gasteiger partial charge in [0.05, 0.1) is 23.3 Å². The summed E-state index contributed by atoms with van der Waals surface area (Å²) in [5, 5.41) is 8.90. The molecule has 7 nitrogen and oxygen atoms in total. The maximum atomic E-state index is 11.3. The van der Waals surface area contributed by atoms with Crippen molar-refractivity contribution in [2.75, 3.05) is 0 Å². The Kier molecular flexibility index (Phi) is 3.16. The molecule has 2 aromatic heterocycles. The molecular weight excluding hydrogens is 283 g/mol. The Balaban J connectivity index is 2.81. The van der Waals surface area contributed by atoms with Gasteiger partial charge in [-0.25, -0.2) is 4.98 Å². The van der Waals surface area contributed by atoms with E-state index in [1.54, 1.807) is 0 Å². The zero-order valence-electron chi connectivity index (χ0n) is 8.82. The summed E-state index contributed by atoms with van der Waals surface area (Å²) < 4.78 is 12.4. The summed E-state index contributed by atoms with van der Waals surface area (Å²) in [6.07, 6.45) is 0.553. The molecular formula is C9H8ClN2O5P. The van der Waals surface area contributed by atoms with Gasteiger partial charge in [0.25, 0.3) is 0 Å². The fourth-order valence-electron chi connectivity index (χ4n) is 1.61. The standard InChI is InChI=1S/C9H8ClN2O5P/c10-5-1-2-7-11-4-8(18(15,16)17)12(7)6(5)3-9(13)14/h1-2,4H,3H2,(H,13,14)(H2,15,16,17). The molecule has 96 valence electrons. The van der Waals surface area contributed by atoms with Gasteiger partial charge >= 0.3 is 13.6 Å². The Labute approximate surface area is 106 Å². The van der Waals surface area contributed by atoms with E-state index in [1.807, 2.05) is 0 Å². The largest absolute Gasteiger partial charge is 0.481 e. The molecule has 0 fully saturated rings. The van der Waals surface area contributed by atoms with Crippen LogP contribution >= 0.6 is 19.2 Å². The fourth-order valence-corrected chi connectivity index (χ4v) is 2.52. The van der Waals surface area contributed by atoms with E-state index in [9.17, 15) is 19.1 Å². The zero-order valence-corrected chi connectivity index (χ0v) is 10.5. The van der Waals surface area contributed by atoms with Gasteiger partial charge < -0.3 is 14.9 Å². The molecule has 0 spiro atoms. The number of carbonyl (C=O) groups is 1. The maximum absolute atomic E-state index is 11.3. The minimum Gasteiger partial charge on any atom is -0.481 e. The fraction of sp³-hybridized carbons (Fsp3) is 0.111. The Morgan fingerprint density at radius 3 is 2.67 bits per heavy atom. The topological polar surface area (TPSA) is 112 Å². The van der Waals surface area contributed by atoms with Gasteiger partial charge in [-0.2, -0.15) is 0 Å². The third kappa shape index (κ3) is 2.26. The molecule has 0 aliphatic carbocycles. The van der Waals surface area contributed by atoms with E-state index in [0.717, 1.165) is 10.6 Å². The van der Waals surface area contributed by atoms with Crippen molar-refractivity contribution in [3.05, 3.63) is 29.0 Å². The van der Waals surface area contributed by atoms with Crippen LogP contribution in [0.1, 0.15) is 5.69 Å². The van der Waals surface area contributed by atoms with E-state index in [0.29, 0.717) is 0 Å². The van der Waals surface area contributed by atoms with Crippen LogP contribution in [0.3, 0.4) is 0 Å². The average Bonchev–Trinajstić information content (AvgIpc) is 2.65. The van der Waals surface area contributed by atoms with Crippen LogP contribution in [0.2, 0.25) is 5.02 Å². The summed E-state index contributed by atoms with van der Waals surface area (Å²) in [7, 11) is -4.56. The first-order valence-electron chi connectivity index (χ1n) is 4.73. The number of pyridine rings is 1. The van der Waals surface area contributed by atoms with Crippen LogP contribution in [0.4, 0.5) is 0 Å². The van der Waals surface area contributed by atoms with Crippen LogP contribution in [0, 0.1) is 0 Å². The number of carboxylic acids is 1. The number of aromatic nitrogens is 2. The molecule has 0 saturated heterocycles. The molecule has 0 atom stereocenters. The van der Waals surface area contributed by atoms with Crippen molar-refractivity contribution < 1.29 is 24.3 Å². The second-order valence-corrected chi connectivity index (χ2v) is 5.51.